The number of hydrogen-bond acceptors (Lipinski definition) is 7. The lowest BCUT2D eigenvalue weighted by Crippen LogP contribution is -2.52. The summed E-state index contributed by atoms with van der Waals surface area (Å²) in [5, 5.41) is 3.97. The number of fused-ring (bicyclic) bond motifs is 1. The van der Waals surface area contributed by atoms with E-state index in [0.717, 1.165) is 50.0 Å². The van der Waals surface area contributed by atoms with Crippen LogP contribution >= 0.6 is 0 Å². The van der Waals surface area contributed by atoms with Gasteiger partial charge in [-0.15, -0.1) is 0 Å². The van der Waals surface area contributed by atoms with Crippen molar-refractivity contribution in [3.63, 3.8) is 0 Å². The van der Waals surface area contributed by atoms with E-state index in [0.29, 0.717) is 22.7 Å². The molecule has 1 atom stereocenters. The van der Waals surface area contributed by atoms with Gasteiger partial charge in [-0.2, -0.15) is 8.78 Å². The van der Waals surface area contributed by atoms with Gasteiger partial charge in [-0.05, 0) is 65.0 Å². The van der Waals surface area contributed by atoms with Crippen molar-refractivity contribution in [1.29, 1.82) is 0 Å². The van der Waals surface area contributed by atoms with Crippen LogP contribution in [0.15, 0.2) is 30.5 Å². The van der Waals surface area contributed by atoms with Crippen LogP contribution < -0.4 is 10.2 Å². The van der Waals surface area contributed by atoms with Crippen LogP contribution in [0.4, 0.5) is 24.7 Å². The van der Waals surface area contributed by atoms with Gasteiger partial charge < -0.3 is 19.5 Å². The summed E-state index contributed by atoms with van der Waals surface area (Å²) in [6.45, 7) is 15.9. The number of nitrogens with zero attached hydrogens (tertiary/aromatic N) is 5. The third-order valence-electron chi connectivity index (χ3n) is 8.86. The van der Waals surface area contributed by atoms with Gasteiger partial charge in [-0.1, -0.05) is 32.9 Å². The van der Waals surface area contributed by atoms with Crippen molar-refractivity contribution in [2.24, 2.45) is 0 Å². The van der Waals surface area contributed by atoms with Gasteiger partial charge in [0.25, 0.3) is 0 Å². The fourth-order valence-electron chi connectivity index (χ4n) is 5.76. The Balaban J connectivity index is 1.66. The third-order valence-corrected chi connectivity index (χ3v) is 13.7. The number of aromatic nitrogens is 3. The molecule has 230 valence electrons. The van der Waals surface area contributed by atoms with Gasteiger partial charge in [0.2, 0.25) is 0 Å². The molecule has 3 aromatic rings. The number of pyridine rings is 1. The maximum absolute atomic E-state index is 16.1. The second-order valence-electron chi connectivity index (χ2n) is 12.0. The zero-order valence-corrected chi connectivity index (χ0v) is 27.2. The number of rotatable bonds is 11. The molecule has 2 aromatic heterocycles. The standard InChI is InChI=1S/C31H45F3N6OSi/c1-9-42(10-2,11-3)41-30(6,7)31(33,34)26-14-12-13-24(27(26)32)21(4)36-29-25-19-23(40-17-15-39(8)16-18-40)20-35-28(25)37-22(5)38-29/h12-14,19-21H,9-11,15-18H2,1-8H3,(H,35,36,37,38). The molecule has 1 aliphatic rings. The van der Waals surface area contributed by atoms with Crippen molar-refractivity contribution < 1.29 is 17.6 Å². The lowest BCUT2D eigenvalue weighted by Gasteiger charge is -2.42. The minimum absolute atomic E-state index is 0.126. The van der Waals surface area contributed by atoms with Crippen LogP contribution in [0.5, 0.6) is 0 Å². The Morgan fingerprint density at radius 3 is 2.31 bits per heavy atom. The summed E-state index contributed by atoms with van der Waals surface area (Å²) < 4.78 is 54.5. The Morgan fingerprint density at radius 1 is 1.05 bits per heavy atom. The Morgan fingerprint density at radius 2 is 1.69 bits per heavy atom. The minimum Gasteiger partial charge on any atom is -0.405 e. The van der Waals surface area contributed by atoms with E-state index < -0.39 is 37.3 Å². The summed E-state index contributed by atoms with van der Waals surface area (Å²) in [6, 6.07) is 7.69. The average molecular weight is 603 g/mol. The zero-order valence-electron chi connectivity index (χ0n) is 26.2. The van der Waals surface area contributed by atoms with Crippen LogP contribution in [0.25, 0.3) is 11.0 Å². The first-order chi connectivity index (χ1) is 19.8. The van der Waals surface area contributed by atoms with Gasteiger partial charge in [0.1, 0.15) is 23.1 Å². The number of benzene rings is 1. The summed E-state index contributed by atoms with van der Waals surface area (Å²) in [5.74, 6) is -3.50. The van der Waals surface area contributed by atoms with Crippen LogP contribution in [0.3, 0.4) is 0 Å². The number of anilines is 2. The Hall–Kier alpha value is -2.76. The first-order valence-electron chi connectivity index (χ1n) is 15.0. The maximum Gasteiger partial charge on any atom is 0.302 e. The molecule has 7 nitrogen and oxygen atoms in total. The number of hydrogen-bond donors (Lipinski definition) is 1. The monoisotopic (exact) mass is 602 g/mol. The number of alkyl halides is 2. The highest BCUT2D eigenvalue weighted by molar-refractivity contribution is 6.73. The van der Waals surface area contributed by atoms with Gasteiger partial charge in [0.15, 0.2) is 14.0 Å². The third kappa shape index (κ3) is 6.28. The number of aryl methyl sites for hydroxylation is 1. The molecule has 0 bridgehead atoms. The summed E-state index contributed by atoms with van der Waals surface area (Å²) in [6.07, 6.45) is 1.81. The topological polar surface area (TPSA) is 66.4 Å². The second kappa shape index (κ2) is 12.5. The number of likely N-dealkylation sites (N-methyl/N-ethyl adjacent to an activating group) is 1. The summed E-state index contributed by atoms with van der Waals surface area (Å²) in [4.78, 5) is 18.2. The van der Waals surface area contributed by atoms with E-state index in [-0.39, 0.29) is 5.56 Å². The smallest absolute Gasteiger partial charge is 0.302 e. The molecule has 1 N–H and O–H groups in total. The number of halogens is 3. The molecular weight excluding hydrogens is 557 g/mol. The van der Waals surface area contributed by atoms with Crippen molar-refractivity contribution >= 4 is 30.9 Å². The molecule has 0 saturated carbocycles. The second-order valence-corrected chi connectivity index (χ2v) is 16.7. The summed E-state index contributed by atoms with van der Waals surface area (Å²) in [7, 11) is -0.291. The predicted molar refractivity (Wildman–Crippen MR) is 166 cm³/mol. The van der Waals surface area contributed by atoms with E-state index in [4.69, 9.17) is 4.43 Å². The fourth-order valence-corrected chi connectivity index (χ4v) is 8.91. The Labute approximate surface area is 249 Å². The van der Waals surface area contributed by atoms with E-state index in [9.17, 15) is 0 Å². The van der Waals surface area contributed by atoms with Crippen LogP contribution in [-0.4, -0.2) is 67.0 Å². The van der Waals surface area contributed by atoms with Gasteiger partial charge in [0.05, 0.1) is 28.9 Å². The van der Waals surface area contributed by atoms with E-state index in [1.165, 1.54) is 32.0 Å². The van der Waals surface area contributed by atoms with Crippen molar-refractivity contribution in [3.8, 4) is 0 Å². The molecule has 0 radical (unpaired) electrons. The van der Waals surface area contributed by atoms with Crippen LogP contribution in [0.1, 0.15) is 64.5 Å². The Kier molecular flexibility index (Phi) is 9.54. The summed E-state index contributed by atoms with van der Waals surface area (Å²) in [5.41, 5.74) is -0.930. The summed E-state index contributed by atoms with van der Waals surface area (Å²) >= 11 is 0. The molecule has 4 rings (SSSR count). The highest BCUT2D eigenvalue weighted by Crippen LogP contribution is 2.46. The van der Waals surface area contributed by atoms with Crippen molar-refractivity contribution in [2.75, 3.05) is 43.4 Å². The quantitative estimate of drug-likeness (QED) is 0.231. The predicted octanol–water partition coefficient (Wildman–Crippen LogP) is 7.29. The Bertz CT molecular complexity index is 1380. The highest BCUT2D eigenvalue weighted by atomic mass is 28.4. The van der Waals surface area contributed by atoms with Crippen molar-refractivity contribution in [2.45, 2.75) is 84.2 Å². The van der Waals surface area contributed by atoms with E-state index in [2.05, 4.69) is 37.1 Å². The molecule has 0 aliphatic carbocycles. The molecule has 0 spiro atoms. The van der Waals surface area contributed by atoms with Crippen LogP contribution in [-0.2, 0) is 10.3 Å². The zero-order chi connectivity index (χ0) is 30.9. The number of nitrogens with one attached hydrogen (secondary N) is 1. The van der Waals surface area contributed by atoms with Gasteiger partial charge in [-0.25, -0.2) is 19.3 Å². The molecule has 3 heterocycles. The SMILES string of the molecule is CC[Si](CC)(CC)OC(C)(C)C(F)(F)c1cccc(C(C)Nc2nc(C)nc3ncc(N4CCN(C)CC4)cc23)c1F. The fraction of sp³-hybridized carbons (Fsp3) is 0.581. The van der Waals surface area contributed by atoms with E-state index in [1.807, 2.05) is 33.0 Å². The van der Waals surface area contributed by atoms with Crippen LogP contribution in [0, 0.1) is 12.7 Å². The molecule has 42 heavy (non-hydrogen) atoms. The van der Waals surface area contributed by atoms with Crippen molar-refractivity contribution in [3.05, 3.63) is 53.2 Å². The highest BCUT2D eigenvalue weighted by Gasteiger charge is 2.54. The molecule has 0 amide bonds. The van der Waals surface area contributed by atoms with Gasteiger partial charge in [0, 0.05) is 31.7 Å². The van der Waals surface area contributed by atoms with Crippen molar-refractivity contribution in [1.82, 2.24) is 19.9 Å². The molecule has 1 unspecified atom stereocenters. The lowest BCUT2D eigenvalue weighted by molar-refractivity contribution is -0.161. The molecule has 1 fully saturated rings. The first-order valence-corrected chi connectivity index (χ1v) is 17.5. The van der Waals surface area contributed by atoms with E-state index in [1.54, 1.807) is 13.8 Å². The molecule has 11 heteroatoms. The number of piperazine rings is 1. The molecule has 1 saturated heterocycles. The van der Waals surface area contributed by atoms with Crippen LogP contribution in [0.2, 0.25) is 18.1 Å². The molecule has 1 aliphatic heterocycles. The molecular formula is C31H45F3N6OSi. The normalized spacial score (nSPS) is 16.2. The first kappa shape index (κ1) is 32.2. The average Bonchev–Trinajstić information content (AvgIpc) is 2.96. The minimum atomic E-state index is -3.55. The molecule has 1 aromatic carbocycles. The van der Waals surface area contributed by atoms with Gasteiger partial charge >= 0.3 is 5.92 Å². The largest absolute Gasteiger partial charge is 0.405 e. The lowest BCUT2D eigenvalue weighted by atomic mass is 9.91. The maximum atomic E-state index is 16.1. The van der Waals surface area contributed by atoms with E-state index >= 15 is 13.2 Å². The van der Waals surface area contributed by atoms with Gasteiger partial charge in [-0.3, -0.25) is 0 Å².